The molecule has 1 heterocycles. The van der Waals surface area contributed by atoms with Gasteiger partial charge in [-0.25, -0.2) is 0 Å². The molecule has 2 atom stereocenters. The smallest absolute Gasteiger partial charge is 0.310 e. The summed E-state index contributed by atoms with van der Waals surface area (Å²) in [6.45, 7) is 8.06. The number of hydrogen-bond acceptors (Lipinski definition) is 6. The summed E-state index contributed by atoms with van der Waals surface area (Å²) in [4.78, 5) is 13.9. The van der Waals surface area contributed by atoms with Crippen LogP contribution in [0.25, 0.3) is 11.3 Å². The van der Waals surface area contributed by atoms with Gasteiger partial charge in [-0.3, -0.25) is 4.79 Å². The molecule has 0 bridgehead atoms. The third kappa shape index (κ3) is 6.16. The number of aliphatic hydroxyl groups is 1. The Bertz CT molecular complexity index is 686. The minimum atomic E-state index is -1.26. The van der Waals surface area contributed by atoms with Crippen molar-refractivity contribution >= 4 is 5.97 Å². The molecule has 0 aliphatic carbocycles. The fourth-order valence-electron chi connectivity index (χ4n) is 2.93. The molecule has 0 aliphatic heterocycles. The summed E-state index contributed by atoms with van der Waals surface area (Å²) in [6.07, 6.45) is -0.340. The maximum absolute atomic E-state index is 11.6. The van der Waals surface area contributed by atoms with Crippen molar-refractivity contribution in [2.75, 3.05) is 32.7 Å². The van der Waals surface area contributed by atoms with Crippen molar-refractivity contribution in [3.63, 3.8) is 0 Å². The molecule has 27 heavy (non-hydrogen) atoms. The van der Waals surface area contributed by atoms with Gasteiger partial charge in [-0.15, -0.1) is 0 Å². The van der Waals surface area contributed by atoms with Crippen molar-refractivity contribution in [1.82, 2.24) is 15.4 Å². The second-order valence-corrected chi connectivity index (χ2v) is 6.45. The molecular formula is C20H29N3O4. The number of nitrogens with one attached hydrogen (secondary N) is 1. The molecule has 7 nitrogen and oxygen atoms in total. The Morgan fingerprint density at radius 2 is 1.96 bits per heavy atom. The van der Waals surface area contributed by atoms with Gasteiger partial charge >= 0.3 is 5.97 Å². The molecule has 2 unspecified atom stereocenters. The van der Waals surface area contributed by atoms with Crippen LogP contribution in [-0.2, 0) is 4.79 Å². The van der Waals surface area contributed by atoms with E-state index in [0.717, 1.165) is 31.6 Å². The SMILES string of the molecule is CCN(CC)CCCNCC(C(=O)O)C(O)c1cc(-c2ccccc2)no1. The molecule has 0 fully saturated rings. The monoisotopic (exact) mass is 375 g/mol. The highest BCUT2D eigenvalue weighted by molar-refractivity contribution is 5.71. The van der Waals surface area contributed by atoms with Crippen LogP contribution in [0.15, 0.2) is 40.9 Å². The molecule has 3 N–H and O–H groups in total. The van der Waals surface area contributed by atoms with Crippen LogP contribution < -0.4 is 5.32 Å². The number of hydrogen-bond donors (Lipinski definition) is 3. The molecule has 7 heteroatoms. The molecule has 2 aromatic rings. The lowest BCUT2D eigenvalue weighted by atomic mass is 9.99. The minimum absolute atomic E-state index is 0.159. The molecule has 0 saturated carbocycles. The van der Waals surface area contributed by atoms with Crippen LogP contribution in [0, 0.1) is 5.92 Å². The maximum Gasteiger partial charge on any atom is 0.310 e. The van der Waals surface area contributed by atoms with E-state index in [-0.39, 0.29) is 12.3 Å². The highest BCUT2D eigenvalue weighted by Crippen LogP contribution is 2.26. The molecule has 0 amide bonds. The highest BCUT2D eigenvalue weighted by Gasteiger charge is 2.30. The Labute approximate surface area is 160 Å². The van der Waals surface area contributed by atoms with Gasteiger partial charge in [-0.1, -0.05) is 49.3 Å². The summed E-state index contributed by atoms with van der Waals surface area (Å²) in [5.41, 5.74) is 1.42. The summed E-state index contributed by atoms with van der Waals surface area (Å²) in [5.74, 6) is -1.92. The van der Waals surface area contributed by atoms with E-state index in [1.165, 1.54) is 0 Å². The number of aromatic nitrogens is 1. The predicted molar refractivity (Wildman–Crippen MR) is 103 cm³/mol. The third-order valence-corrected chi connectivity index (χ3v) is 4.67. The molecular weight excluding hydrogens is 346 g/mol. The average molecular weight is 375 g/mol. The topological polar surface area (TPSA) is 98.8 Å². The second kappa shape index (κ2) is 10.8. The third-order valence-electron chi connectivity index (χ3n) is 4.67. The Balaban J connectivity index is 1.90. The van der Waals surface area contributed by atoms with Crippen molar-refractivity contribution in [1.29, 1.82) is 0 Å². The molecule has 148 valence electrons. The Morgan fingerprint density at radius 3 is 2.59 bits per heavy atom. The van der Waals surface area contributed by atoms with E-state index in [0.29, 0.717) is 12.2 Å². The van der Waals surface area contributed by atoms with Gasteiger partial charge in [0.15, 0.2) is 5.76 Å². The normalized spacial score (nSPS) is 13.6. The molecule has 2 rings (SSSR count). The van der Waals surface area contributed by atoms with E-state index in [1.807, 2.05) is 30.3 Å². The Morgan fingerprint density at radius 1 is 1.26 bits per heavy atom. The van der Waals surface area contributed by atoms with Gasteiger partial charge in [0.2, 0.25) is 0 Å². The van der Waals surface area contributed by atoms with E-state index < -0.39 is 18.0 Å². The van der Waals surface area contributed by atoms with Gasteiger partial charge < -0.3 is 25.0 Å². The lowest BCUT2D eigenvalue weighted by Crippen LogP contribution is -2.34. The number of benzene rings is 1. The van der Waals surface area contributed by atoms with Crippen LogP contribution in [0.2, 0.25) is 0 Å². The van der Waals surface area contributed by atoms with Gasteiger partial charge in [0.05, 0.1) is 0 Å². The van der Waals surface area contributed by atoms with Crippen molar-refractivity contribution in [3.8, 4) is 11.3 Å². The summed E-state index contributed by atoms with van der Waals surface area (Å²) in [6, 6.07) is 11.0. The first-order valence-corrected chi connectivity index (χ1v) is 9.42. The fraction of sp³-hybridized carbons (Fsp3) is 0.500. The zero-order valence-corrected chi connectivity index (χ0v) is 16.0. The second-order valence-electron chi connectivity index (χ2n) is 6.45. The van der Waals surface area contributed by atoms with Gasteiger partial charge in [-0.05, 0) is 32.6 Å². The van der Waals surface area contributed by atoms with Crippen LogP contribution in [0.3, 0.4) is 0 Å². The lowest BCUT2D eigenvalue weighted by Gasteiger charge is -2.19. The lowest BCUT2D eigenvalue weighted by molar-refractivity contribution is -0.146. The van der Waals surface area contributed by atoms with Crippen LogP contribution in [-0.4, -0.2) is 59.0 Å². The van der Waals surface area contributed by atoms with E-state index in [2.05, 4.69) is 29.2 Å². The number of carbonyl (C=O) groups is 1. The highest BCUT2D eigenvalue weighted by atomic mass is 16.5. The summed E-state index contributed by atoms with van der Waals surface area (Å²) in [5, 5.41) is 27.0. The molecule has 0 saturated heterocycles. The number of nitrogens with zero attached hydrogens (tertiary/aromatic N) is 2. The van der Waals surface area contributed by atoms with E-state index in [1.54, 1.807) is 6.07 Å². The van der Waals surface area contributed by atoms with Crippen molar-refractivity contribution in [2.45, 2.75) is 26.4 Å². The van der Waals surface area contributed by atoms with Crippen LogP contribution in [0.4, 0.5) is 0 Å². The van der Waals surface area contributed by atoms with Crippen LogP contribution in [0.1, 0.15) is 32.1 Å². The maximum atomic E-state index is 11.6. The number of rotatable bonds is 12. The first-order valence-electron chi connectivity index (χ1n) is 9.42. The predicted octanol–water partition coefficient (Wildman–Crippen LogP) is 2.40. The quantitative estimate of drug-likeness (QED) is 0.490. The Kier molecular flexibility index (Phi) is 8.44. The van der Waals surface area contributed by atoms with Gasteiger partial charge in [0.1, 0.15) is 17.7 Å². The number of carboxylic acids is 1. The number of aliphatic hydroxyl groups excluding tert-OH is 1. The van der Waals surface area contributed by atoms with Crippen LogP contribution in [0.5, 0.6) is 0 Å². The standard InChI is InChI=1S/C20H29N3O4/c1-3-23(4-2)12-8-11-21-14-16(20(25)26)19(24)18-13-17(22-27-18)15-9-6-5-7-10-15/h5-7,9-10,13,16,19,21,24H,3-4,8,11-12,14H2,1-2H3,(H,25,26). The van der Waals surface area contributed by atoms with Crippen molar-refractivity contribution in [3.05, 3.63) is 42.2 Å². The first kappa shape index (κ1) is 21.1. The van der Waals surface area contributed by atoms with E-state index >= 15 is 0 Å². The van der Waals surface area contributed by atoms with Crippen molar-refractivity contribution in [2.24, 2.45) is 5.92 Å². The summed E-state index contributed by atoms with van der Waals surface area (Å²) >= 11 is 0. The van der Waals surface area contributed by atoms with E-state index in [4.69, 9.17) is 4.52 Å². The zero-order chi connectivity index (χ0) is 19.6. The molecule has 1 aromatic heterocycles. The summed E-state index contributed by atoms with van der Waals surface area (Å²) < 4.78 is 5.20. The first-order chi connectivity index (χ1) is 13.1. The molecule has 0 spiro atoms. The van der Waals surface area contributed by atoms with Crippen LogP contribution >= 0.6 is 0 Å². The molecule has 0 aliphatic rings. The molecule has 0 radical (unpaired) electrons. The minimum Gasteiger partial charge on any atom is -0.481 e. The molecule has 1 aromatic carbocycles. The largest absolute Gasteiger partial charge is 0.481 e. The van der Waals surface area contributed by atoms with Gasteiger partial charge in [0.25, 0.3) is 0 Å². The summed E-state index contributed by atoms with van der Waals surface area (Å²) in [7, 11) is 0. The number of carboxylic acid groups (broad SMARTS) is 1. The van der Waals surface area contributed by atoms with E-state index in [9.17, 15) is 15.0 Å². The Hall–Kier alpha value is -2.22. The number of aliphatic carboxylic acids is 1. The van der Waals surface area contributed by atoms with Gasteiger partial charge in [0, 0.05) is 18.2 Å². The average Bonchev–Trinajstić information content (AvgIpc) is 3.18. The zero-order valence-electron chi connectivity index (χ0n) is 16.0. The van der Waals surface area contributed by atoms with Gasteiger partial charge in [-0.2, -0.15) is 0 Å². The fourth-order valence-corrected chi connectivity index (χ4v) is 2.93. The van der Waals surface area contributed by atoms with Crippen molar-refractivity contribution < 1.29 is 19.5 Å².